The highest BCUT2D eigenvalue weighted by molar-refractivity contribution is 8.00. The van der Waals surface area contributed by atoms with E-state index in [9.17, 15) is 4.79 Å². The third-order valence-electron chi connectivity index (χ3n) is 2.46. The first-order valence-electron chi connectivity index (χ1n) is 4.92. The molecular formula is C10H14N2OS. The minimum Gasteiger partial charge on any atom is -0.293 e. The number of hydrogen-bond acceptors (Lipinski definition) is 3. The van der Waals surface area contributed by atoms with Crippen molar-refractivity contribution in [3.8, 4) is 0 Å². The molecule has 4 heteroatoms. The molecule has 1 aliphatic rings. The highest BCUT2D eigenvalue weighted by Gasteiger charge is 2.23. The summed E-state index contributed by atoms with van der Waals surface area (Å²) >= 11 is 1.79. The van der Waals surface area contributed by atoms with Gasteiger partial charge in [0.1, 0.15) is 0 Å². The molecule has 3 nitrogen and oxygen atoms in total. The molecule has 1 fully saturated rings. The van der Waals surface area contributed by atoms with Gasteiger partial charge in [-0.1, -0.05) is 6.42 Å². The molecule has 1 saturated heterocycles. The number of thioether (sulfide) groups is 1. The number of carbonyl (C=O) groups excluding carboxylic acids is 1. The van der Waals surface area contributed by atoms with Crippen molar-refractivity contribution in [2.75, 3.05) is 5.75 Å². The van der Waals surface area contributed by atoms with Crippen LogP contribution in [0.2, 0.25) is 0 Å². The number of ketones is 1. The lowest BCUT2D eigenvalue weighted by atomic mass is 10.1. The van der Waals surface area contributed by atoms with Gasteiger partial charge >= 0.3 is 0 Å². The SMILES string of the molecule is Cn1cc(C(=O)C2CCCCS2)cn1. The van der Waals surface area contributed by atoms with Gasteiger partial charge in [0, 0.05) is 13.2 Å². The Morgan fingerprint density at radius 3 is 3.07 bits per heavy atom. The van der Waals surface area contributed by atoms with Crippen LogP contribution in [0.1, 0.15) is 29.6 Å². The van der Waals surface area contributed by atoms with Crippen LogP contribution < -0.4 is 0 Å². The maximum atomic E-state index is 11.9. The van der Waals surface area contributed by atoms with E-state index in [2.05, 4.69) is 5.10 Å². The molecule has 14 heavy (non-hydrogen) atoms. The van der Waals surface area contributed by atoms with E-state index in [1.54, 1.807) is 28.8 Å². The van der Waals surface area contributed by atoms with Crippen LogP contribution in [0.25, 0.3) is 0 Å². The highest BCUT2D eigenvalue weighted by Crippen LogP contribution is 2.27. The van der Waals surface area contributed by atoms with Gasteiger partial charge in [0.05, 0.1) is 17.0 Å². The van der Waals surface area contributed by atoms with E-state index in [-0.39, 0.29) is 11.0 Å². The minimum absolute atomic E-state index is 0.174. The second-order valence-corrected chi connectivity index (χ2v) is 4.93. The molecule has 76 valence electrons. The summed E-state index contributed by atoms with van der Waals surface area (Å²) in [6, 6.07) is 0. The van der Waals surface area contributed by atoms with E-state index in [1.807, 2.05) is 7.05 Å². The lowest BCUT2D eigenvalue weighted by molar-refractivity contribution is 0.0985. The van der Waals surface area contributed by atoms with Crippen LogP contribution in [0, 0.1) is 0 Å². The van der Waals surface area contributed by atoms with Gasteiger partial charge in [0.2, 0.25) is 0 Å². The van der Waals surface area contributed by atoms with Crippen molar-refractivity contribution in [1.29, 1.82) is 0 Å². The van der Waals surface area contributed by atoms with Crippen molar-refractivity contribution in [3.05, 3.63) is 18.0 Å². The molecule has 0 bridgehead atoms. The highest BCUT2D eigenvalue weighted by atomic mass is 32.2. The lowest BCUT2D eigenvalue weighted by Gasteiger charge is -2.18. The van der Waals surface area contributed by atoms with E-state index >= 15 is 0 Å². The van der Waals surface area contributed by atoms with Crippen LogP contribution in [0.15, 0.2) is 12.4 Å². The van der Waals surface area contributed by atoms with Crippen molar-refractivity contribution < 1.29 is 4.79 Å². The molecule has 1 unspecified atom stereocenters. The van der Waals surface area contributed by atoms with Gasteiger partial charge in [0.25, 0.3) is 0 Å². The Balaban J connectivity index is 2.07. The van der Waals surface area contributed by atoms with Crippen molar-refractivity contribution in [3.63, 3.8) is 0 Å². The average molecular weight is 210 g/mol. The number of Topliss-reactive ketones (excluding diaryl/α,β-unsaturated/α-hetero) is 1. The molecule has 0 amide bonds. The summed E-state index contributed by atoms with van der Waals surface area (Å²) in [7, 11) is 1.84. The van der Waals surface area contributed by atoms with Crippen LogP contribution in [-0.4, -0.2) is 26.6 Å². The summed E-state index contributed by atoms with van der Waals surface area (Å²) in [4.78, 5) is 11.9. The van der Waals surface area contributed by atoms with E-state index in [0.29, 0.717) is 0 Å². The third kappa shape index (κ3) is 2.00. The van der Waals surface area contributed by atoms with Crippen molar-refractivity contribution >= 4 is 17.5 Å². The second-order valence-electron chi connectivity index (χ2n) is 3.62. The lowest BCUT2D eigenvalue weighted by Crippen LogP contribution is -2.20. The normalized spacial score (nSPS) is 22.2. The number of hydrogen-bond donors (Lipinski definition) is 0. The fourth-order valence-electron chi connectivity index (χ4n) is 1.68. The van der Waals surface area contributed by atoms with Crippen LogP contribution >= 0.6 is 11.8 Å². The van der Waals surface area contributed by atoms with Gasteiger partial charge < -0.3 is 0 Å². The zero-order valence-corrected chi connectivity index (χ0v) is 9.09. The van der Waals surface area contributed by atoms with Crippen LogP contribution in [0.4, 0.5) is 0 Å². The third-order valence-corrected chi connectivity index (χ3v) is 3.84. The quantitative estimate of drug-likeness (QED) is 0.699. The van der Waals surface area contributed by atoms with E-state index in [1.165, 1.54) is 12.8 Å². The first kappa shape index (κ1) is 9.77. The monoisotopic (exact) mass is 210 g/mol. The number of aryl methyl sites for hydroxylation is 1. The molecule has 0 spiro atoms. The maximum absolute atomic E-state index is 11.9. The molecule has 1 atom stereocenters. The van der Waals surface area contributed by atoms with Gasteiger partial charge in [-0.25, -0.2) is 0 Å². The smallest absolute Gasteiger partial charge is 0.178 e. The van der Waals surface area contributed by atoms with Crippen LogP contribution in [-0.2, 0) is 7.05 Å². The summed E-state index contributed by atoms with van der Waals surface area (Å²) in [5.74, 6) is 1.37. The maximum Gasteiger partial charge on any atom is 0.178 e. The molecule has 1 aromatic rings. The predicted molar refractivity (Wildman–Crippen MR) is 57.6 cm³/mol. The Morgan fingerprint density at radius 1 is 1.64 bits per heavy atom. The predicted octanol–water partition coefficient (Wildman–Crippen LogP) is 1.89. The first-order chi connectivity index (χ1) is 6.77. The first-order valence-corrected chi connectivity index (χ1v) is 5.97. The molecule has 0 aliphatic carbocycles. The zero-order chi connectivity index (χ0) is 9.97. The van der Waals surface area contributed by atoms with Gasteiger partial charge in [-0.15, -0.1) is 0 Å². The molecule has 0 aromatic carbocycles. The summed E-state index contributed by atoms with van der Waals surface area (Å²) in [6.07, 6.45) is 6.93. The van der Waals surface area contributed by atoms with E-state index < -0.39 is 0 Å². The van der Waals surface area contributed by atoms with Gasteiger partial charge in [-0.2, -0.15) is 16.9 Å². The average Bonchev–Trinajstić information content (AvgIpc) is 2.65. The van der Waals surface area contributed by atoms with Crippen molar-refractivity contribution in [2.45, 2.75) is 24.5 Å². The van der Waals surface area contributed by atoms with E-state index in [0.717, 1.165) is 17.7 Å². The molecule has 2 rings (SSSR count). The standard InChI is InChI=1S/C10H14N2OS/c1-12-7-8(6-11-12)10(13)9-4-2-3-5-14-9/h6-7,9H,2-5H2,1H3. The largest absolute Gasteiger partial charge is 0.293 e. The summed E-state index contributed by atoms with van der Waals surface area (Å²) in [5.41, 5.74) is 0.756. The van der Waals surface area contributed by atoms with Gasteiger partial charge in [-0.05, 0) is 18.6 Å². The van der Waals surface area contributed by atoms with Gasteiger partial charge in [0.15, 0.2) is 5.78 Å². The fourth-order valence-corrected chi connectivity index (χ4v) is 2.96. The van der Waals surface area contributed by atoms with E-state index in [4.69, 9.17) is 0 Å². The van der Waals surface area contributed by atoms with Gasteiger partial charge in [-0.3, -0.25) is 9.48 Å². The van der Waals surface area contributed by atoms with Crippen LogP contribution in [0.5, 0.6) is 0 Å². The Hall–Kier alpha value is -0.770. The number of aromatic nitrogens is 2. The molecule has 0 N–H and O–H groups in total. The van der Waals surface area contributed by atoms with Crippen molar-refractivity contribution in [1.82, 2.24) is 9.78 Å². The molecular weight excluding hydrogens is 196 g/mol. The number of nitrogens with zero attached hydrogens (tertiary/aromatic N) is 2. The topological polar surface area (TPSA) is 34.9 Å². The van der Waals surface area contributed by atoms with Crippen molar-refractivity contribution in [2.24, 2.45) is 7.05 Å². The molecule has 2 heterocycles. The Morgan fingerprint density at radius 2 is 2.50 bits per heavy atom. The Kier molecular flexibility index (Phi) is 2.91. The minimum atomic E-state index is 0.174. The summed E-state index contributed by atoms with van der Waals surface area (Å²) < 4.78 is 1.68. The number of carbonyl (C=O) groups is 1. The number of rotatable bonds is 2. The molecule has 1 aliphatic heterocycles. The zero-order valence-electron chi connectivity index (χ0n) is 8.27. The summed E-state index contributed by atoms with van der Waals surface area (Å²) in [6.45, 7) is 0. The molecule has 0 saturated carbocycles. The molecule has 1 aromatic heterocycles. The molecule has 0 radical (unpaired) electrons. The Bertz CT molecular complexity index is 329. The summed E-state index contributed by atoms with van der Waals surface area (Å²) in [5, 5.41) is 4.19. The Labute approximate surface area is 87.9 Å². The van der Waals surface area contributed by atoms with Crippen LogP contribution in [0.3, 0.4) is 0 Å². The second kappa shape index (κ2) is 4.17. The fraction of sp³-hybridized carbons (Fsp3) is 0.600.